The van der Waals surface area contributed by atoms with Crippen molar-refractivity contribution >= 4 is 17.7 Å². The smallest absolute Gasteiger partial charge is 0.255 e. The van der Waals surface area contributed by atoms with Crippen molar-refractivity contribution in [1.29, 1.82) is 0 Å². The molecule has 0 aromatic carbocycles. The van der Waals surface area contributed by atoms with Crippen LogP contribution in [0.4, 0.5) is 0 Å². The van der Waals surface area contributed by atoms with E-state index in [1.165, 1.54) is 0 Å². The first-order valence-corrected chi connectivity index (χ1v) is 4.42. The van der Waals surface area contributed by atoms with Crippen molar-refractivity contribution in [3.8, 4) is 0 Å². The van der Waals surface area contributed by atoms with E-state index in [2.05, 4.69) is 6.92 Å². The second-order valence-corrected chi connectivity index (χ2v) is 3.35. The molecule has 10 heavy (non-hydrogen) atoms. The van der Waals surface area contributed by atoms with E-state index in [9.17, 15) is 4.79 Å². The molecule has 0 aromatic heterocycles. The van der Waals surface area contributed by atoms with E-state index < -0.39 is 11.9 Å². The van der Waals surface area contributed by atoms with Crippen molar-refractivity contribution in [3.63, 3.8) is 0 Å². The first-order valence-electron chi connectivity index (χ1n) is 3.27. The van der Waals surface area contributed by atoms with E-state index in [0.717, 1.165) is 11.5 Å². The van der Waals surface area contributed by atoms with Crippen LogP contribution < -0.4 is 11.5 Å². The summed E-state index contributed by atoms with van der Waals surface area (Å²) >= 11 is 1.74. The first kappa shape index (κ1) is 9.78. The number of thioether (sulfide) groups is 1. The van der Waals surface area contributed by atoms with Gasteiger partial charge in [0.1, 0.15) is 0 Å². The van der Waals surface area contributed by atoms with Gasteiger partial charge < -0.3 is 5.73 Å². The quantitative estimate of drug-likeness (QED) is 0.588. The molecular weight excluding hydrogens is 148 g/mol. The molecule has 1 amide bonds. The third-order valence-electron chi connectivity index (χ3n) is 1.11. The predicted octanol–water partition coefficient (Wildman–Crippen LogP) is 0.266. The Balaban J connectivity index is 3.21. The number of hydrogen-bond acceptors (Lipinski definition) is 3. The van der Waals surface area contributed by atoms with Gasteiger partial charge in [0.25, 0.3) is 5.91 Å². The van der Waals surface area contributed by atoms with Gasteiger partial charge in [-0.1, -0.05) is 6.92 Å². The van der Waals surface area contributed by atoms with Crippen LogP contribution in [0.2, 0.25) is 0 Å². The molecule has 0 rings (SSSR count). The van der Waals surface area contributed by atoms with Crippen LogP contribution >= 0.6 is 11.8 Å². The number of hydrogen-bond donors (Lipinski definition) is 1. The zero-order chi connectivity index (χ0) is 7.98. The minimum Gasteiger partial charge on any atom is -0.320 e. The highest BCUT2D eigenvalue weighted by Gasteiger charge is 2.07. The molecule has 0 spiro atoms. The van der Waals surface area contributed by atoms with E-state index in [0.29, 0.717) is 6.42 Å². The van der Waals surface area contributed by atoms with Crippen LogP contribution in [0.1, 0.15) is 13.3 Å². The minimum atomic E-state index is -0.656. The molecule has 0 bridgehead atoms. The van der Waals surface area contributed by atoms with Gasteiger partial charge in [0.2, 0.25) is 0 Å². The summed E-state index contributed by atoms with van der Waals surface area (Å²) in [7, 11) is 0. The number of nitrogens with one attached hydrogen (secondary N) is 1. The molecule has 3 nitrogen and oxygen atoms in total. The average Bonchev–Trinajstić information content (AvgIpc) is 1.88. The molecule has 0 saturated carbocycles. The van der Waals surface area contributed by atoms with Gasteiger partial charge in [-0.05, 0) is 17.9 Å². The Morgan fingerprint density at radius 1 is 1.80 bits per heavy atom. The van der Waals surface area contributed by atoms with Crippen molar-refractivity contribution in [2.75, 3.05) is 11.5 Å². The van der Waals surface area contributed by atoms with Crippen LogP contribution in [0.5, 0.6) is 0 Å². The summed E-state index contributed by atoms with van der Waals surface area (Å²) in [4.78, 5) is 10.3. The topological polar surface area (TPSA) is 66.9 Å². The van der Waals surface area contributed by atoms with Crippen LogP contribution in [0.25, 0.3) is 0 Å². The molecule has 1 atom stereocenters. The van der Waals surface area contributed by atoms with Gasteiger partial charge in [-0.3, -0.25) is 10.5 Å². The SMILES string of the molecule is CCSCCC(N)C([NH])=O. The van der Waals surface area contributed by atoms with Crippen molar-refractivity contribution < 1.29 is 4.79 Å². The Morgan fingerprint density at radius 2 is 2.40 bits per heavy atom. The standard InChI is InChI=1S/C6H13N2OS/c1-2-10-4-3-5(7)6(8)9/h5,8H,2-4,7H2,1H3. The first-order chi connectivity index (χ1) is 4.68. The number of carbonyl (C=O) groups is 1. The lowest BCUT2D eigenvalue weighted by atomic mass is 10.2. The van der Waals surface area contributed by atoms with E-state index >= 15 is 0 Å². The summed E-state index contributed by atoms with van der Waals surface area (Å²) < 4.78 is 0. The van der Waals surface area contributed by atoms with Gasteiger partial charge in [0.05, 0.1) is 6.04 Å². The lowest BCUT2D eigenvalue weighted by molar-refractivity contribution is -0.119. The molecule has 0 aliphatic heterocycles. The van der Waals surface area contributed by atoms with Crippen LogP contribution in [0.15, 0.2) is 0 Å². The largest absolute Gasteiger partial charge is 0.320 e. The molecule has 0 aliphatic carbocycles. The summed E-state index contributed by atoms with van der Waals surface area (Å²) in [6.07, 6.45) is 0.626. The lowest BCUT2D eigenvalue weighted by Gasteiger charge is -2.03. The fourth-order valence-corrected chi connectivity index (χ4v) is 1.20. The number of carbonyl (C=O) groups excluding carboxylic acids is 1. The van der Waals surface area contributed by atoms with Gasteiger partial charge in [-0.2, -0.15) is 11.8 Å². The van der Waals surface area contributed by atoms with Gasteiger partial charge in [0, 0.05) is 0 Å². The molecule has 59 valence electrons. The highest BCUT2D eigenvalue weighted by atomic mass is 32.2. The molecule has 3 N–H and O–H groups in total. The number of nitrogens with two attached hydrogens (primary N) is 1. The van der Waals surface area contributed by atoms with Crippen molar-refractivity contribution in [2.24, 2.45) is 5.73 Å². The summed E-state index contributed by atoms with van der Waals surface area (Å²) in [5.74, 6) is 1.26. The summed E-state index contributed by atoms with van der Waals surface area (Å²) in [6, 6.07) is -0.570. The zero-order valence-electron chi connectivity index (χ0n) is 6.09. The Labute approximate surface area is 65.5 Å². The van der Waals surface area contributed by atoms with Gasteiger partial charge in [-0.25, -0.2) is 0 Å². The predicted molar refractivity (Wildman–Crippen MR) is 43.7 cm³/mol. The summed E-state index contributed by atoms with van der Waals surface area (Å²) in [5, 5.41) is 0. The maximum Gasteiger partial charge on any atom is 0.255 e. The monoisotopic (exact) mass is 161 g/mol. The molecule has 0 fully saturated rings. The van der Waals surface area contributed by atoms with E-state index in [1.807, 2.05) is 0 Å². The molecule has 1 unspecified atom stereocenters. The van der Waals surface area contributed by atoms with Gasteiger partial charge >= 0.3 is 0 Å². The Hall–Kier alpha value is -0.220. The molecule has 0 heterocycles. The minimum absolute atomic E-state index is 0.570. The van der Waals surface area contributed by atoms with Crippen LogP contribution in [-0.4, -0.2) is 23.5 Å². The fraction of sp³-hybridized carbons (Fsp3) is 0.833. The van der Waals surface area contributed by atoms with Gasteiger partial charge in [0.15, 0.2) is 0 Å². The Bertz CT molecular complexity index is 108. The van der Waals surface area contributed by atoms with E-state index in [1.54, 1.807) is 11.8 Å². The second kappa shape index (κ2) is 5.56. The summed E-state index contributed by atoms with van der Waals surface area (Å²) in [6.45, 7) is 2.05. The normalized spacial score (nSPS) is 13.0. The maximum atomic E-state index is 10.3. The zero-order valence-corrected chi connectivity index (χ0v) is 6.91. The number of rotatable bonds is 5. The Kier molecular flexibility index (Phi) is 5.43. The van der Waals surface area contributed by atoms with Crippen LogP contribution in [-0.2, 0) is 4.79 Å². The third-order valence-corrected chi connectivity index (χ3v) is 2.05. The highest BCUT2D eigenvalue weighted by Crippen LogP contribution is 2.02. The van der Waals surface area contributed by atoms with Crippen molar-refractivity contribution in [3.05, 3.63) is 0 Å². The average molecular weight is 161 g/mol. The molecule has 1 radical (unpaired) electrons. The van der Waals surface area contributed by atoms with Crippen molar-refractivity contribution in [1.82, 2.24) is 5.73 Å². The van der Waals surface area contributed by atoms with Gasteiger partial charge in [-0.15, -0.1) is 0 Å². The second-order valence-electron chi connectivity index (χ2n) is 1.96. The number of amides is 1. The third kappa shape index (κ3) is 4.64. The maximum absolute atomic E-state index is 10.3. The molecule has 4 heteroatoms. The molecule has 0 saturated heterocycles. The molecule has 0 aliphatic rings. The molecular formula is C6H13N2OS. The van der Waals surface area contributed by atoms with Crippen LogP contribution in [0.3, 0.4) is 0 Å². The highest BCUT2D eigenvalue weighted by molar-refractivity contribution is 7.99. The van der Waals surface area contributed by atoms with Crippen LogP contribution in [0, 0.1) is 0 Å². The fourth-order valence-electron chi connectivity index (χ4n) is 0.486. The van der Waals surface area contributed by atoms with Crippen molar-refractivity contribution in [2.45, 2.75) is 19.4 Å². The Morgan fingerprint density at radius 3 is 2.80 bits per heavy atom. The lowest BCUT2D eigenvalue weighted by Crippen LogP contribution is -2.31. The summed E-state index contributed by atoms with van der Waals surface area (Å²) in [5.41, 5.74) is 12.0. The molecule has 0 aromatic rings. The van der Waals surface area contributed by atoms with E-state index in [4.69, 9.17) is 11.5 Å². The van der Waals surface area contributed by atoms with E-state index in [-0.39, 0.29) is 0 Å².